The maximum Gasteiger partial charge on any atom is 0.0544 e. The van der Waals surface area contributed by atoms with Crippen LogP contribution in [-0.4, -0.2) is 4.57 Å². The minimum Gasteiger partial charge on any atom is -0.310 e. The zero-order chi connectivity index (χ0) is 36.0. The van der Waals surface area contributed by atoms with E-state index in [-0.39, 0.29) is 5.41 Å². The van der Waals surface area contributed by atoms with Crippen LogP contribution in [0.2, 0.25) is 0 Å². The van der Waals surface area contributed by atoms with Crippen molar-refractivity contribution in [2.75, 3.05) is 4.90 Å². The van der Waals surface area contributed by atoms with Crippen molar-refractivity contribution in [1.82, 2.24) is 4.57 Å². The lowest BCUT2D eigenvalue weighted by molar-refractivity contribution is 0.420. The van der Waals surface area contributed by atoms with Gasteiger partial charge in [-0.2, -0.15) is 0 Å². The van der Waals surface area contributed by atoms with Crippen LogP contribution in [0.3, 0.4) is 0 Å². The molecule has 2 heteroatoms. The molecule has 3 atom stereocenters. The van der Waals surface area contributed by atoms with E-state index in [9.17, 15) is 0 Å². The van der Waals surface area contributed by atoms with E-state index in [1.54, 1.807) is 5.56 Å². The Morgan fingerprint density at radius 2 is 1.22 bits per heavy atom. The highest BCUT2D eigenvalue weighted by Crippen LogP contribution is 2.55. The highest BCUT2D eigenvalue weighted by molar-refractivity contribution is 6.11. The van der Waals surface area contributed by atoms with E-state index >= 15 is 0 Å². The van der Waals surface area contributed by atoms with Crippen molar-refractivity contribution in [3.63, 3.8) is 0 Å². The predicted molar refractivity (Wildman–Crippen MR) is 227 cm³/mol. The third-order valence-electron chi connectivity index (χ3n) is 14.3. The number of benzene rings is 6. The summed E-state index contributed by atoms with van der Waals surface area (Å²) >= 11 is 0. The minimum atomic E-state index is -0.158. The summed E-state index contributed by atoms with van der Waals surface area (Å²) in [6, 6.07) is 51.3. The Morgan fingerprint density at radius 1 is 0.537 bits per heavy atom. The maximum absolute atomic E-state index is 2.52. The van der Waals surface area contributed by atoms with Crippen LogP contribution >= 0.6 is 0 Å². The molecule has 0 saturated heterocycles. The molecule has 0 spiro atoms. The first-order valence-corrected chi connectivity index (χ1v) is 20.8. The average molecular weight is 703 g/mol. The summed E-state index contributed by atoms with van der Waals surface area (Å²) in [4.78, 5) is 2.52. The highest BCUT2D eigenvalue weighted by atomic mass is 15.1. The molecule has 7 aromatic rings. The largest absolute Gasteiger partial charge is 0.310 e. The van der Waals surface area contributed by atoms with Gasteiger partial charge in [-0.1, -0.05) is 106 Å². The normalized spacial score (nSPS) is 21.5. The summed E-state index contributed by atoms with van der Waals surface area (Å²) < 4.78 is 2.45. The summed E-state index contributed by atoms with van der Waals surface area (Å²) in [7, 11) is 0. The van der Waals surface area contributed by atoms with E-state index in [0.29, 0.717) is 5.92 Å². The van der Waals surface area contributed by atoms with Gasteiger partial charge in [0.25, 0.3) is 0 Å². The molecule has 0 amide bonds. The maximum atomic E-state index is 2.52. The molecule has 3 unspecified atom stereocenters. The van der Waals surface area contributed by atoms with Crippen LogP contribution in [0.1, 0.15) is 106 Å². The molecule has 0 aliphatic heterocycles. The van der Waals surface area contributed by atoms with Gasteiger partial charge in [0, 0.05) is 38.9 Å². The SMILES string of the molecule is CC1(C)c2cc(N(c3ccc(C4CCCCC4)cc3)c3ccc(C4CC5CCC4C5)cc3)ccc2-c2cc3c4ccccc4n(-c4ccccc4)c3cc21. The Bertz CT molecular complexity index is 2510. The smallest absolute Gasteiger partial charge is 0.0544 e. The number of hydrogen-bond donors (Lipinski definition) is 0. The first-order valence-electron chi connectivity index (χ1n) is 20.8. The average Bonchev–Trinajstić information content (AvgIpc) is 3.99. The second kappa shape index (κ2) is 12.5. The fourth-order valence-electron chi connectivity index (χ4n) is 11.5. The second-order valence-corrected chi connectivity index (χ2v) is 17.6. The molecule has 11 rings (SSSR count). The third-order valence-corrected chi connectivity index (χ3v) is 14.3. The van der Waals surface area contributed by atoms with Gasteiger partial charge in [0.15, 0.2) is 0 Å². The fourth-order valence-corrected chi connectivity index (χ4v) is 11.5. The van der Waals surface area contributed by atoms with Gasteiger partial charge in [0.05, 0.1) is 11.0 Å². The molecule has 0 radical (unpaired) electrons. The Balaban J connectivity index is 1.02. The lowest BCUT2D eigenvalue weighted by Gasteiger charge is -2.29. The molecule has 6 aromatic carbocycles. The first kappa shape index (κ1) is 32.4. The molecule has 2 bridgehead atoms. The number of aromatic nitrogens is 1. The lowest BCUT2D eigenvalue weighted by atomic mass is 9.82. The number of anilines is 3. The van der Waals surface area contributed by atoms with Gasteiger partial charge < -0.3 is 9.47 Å². The van der Waals surface area contributed by atoms with Gasteiger partial charge >= 0.3 is 0 Å². The fraction of sp³-hybridized carbons (Fsp3) is 0.308. The molecule has 4 aliphatic carbocycles. The van der Waals surface area contributed by atoms with Gasteiger partial charge in [0.2, 0.25) is 0 Å². The standard InChI is InChI=1S/C52H50N2/c1-52(2)48-31-42(27-28-43(48)46-32-47-44-15-9-10-16-50(44)54(51(47)33-49(46)52)39-13-7-4-8-14-39)53(40-23-19-36(20-24-40)35-11-5-3-6-12-35)41-25-21-37(22-26-41)45-30-34-17-18-38(45)29-34/h4,7-10,13-16,19-28,31-35,38,45H,3,5-6,11-12,17-18,29-30H2,1-2H3. The number of para-hydroxylation sites is 2. The molecule has 0 N–H and O–H groups in total. The molecular formula is C52H50N2. The van der Waals surface area contributed by atoms with Gasteiger partial charge in [-0.3, -0.25) is 0 Å². The van der Waals surface area contributed by atoms with Crippen molar-refractivity contribution in [1.29, 1.82) is 0 Å². The van der Waals surface area contributed by atoms with Gasteiger partial charge in [0.1, 0.15) is 0 Å². The predicted octanol–water partition coefficient (Wildman–Crippen LogP) is 14.5. The monoisotopic (exact) mass is 702 g/mol. The van der Waals surface area contributed by atoms with Gasteiger partial charge in [-0.25, -0.2) is 0 Å². The van der Waals surface area contributed by atoms with Gasteiger partial charge in [-0.05, 0) is 156 Å². The van der Waals surface area contributed by atoms with E-state index in [2.05, 4.69) is 157 Å². The topological polar surface area (TPSA) is 8.17 Å². The summed E-state index contributed by atoms with van der Waals surface area (Å²) in [6.45, 7) is 4.85. The minimum absolute atomic E-state index is 0.158. The zero-order valence-electron chi connectivity index (χ0n) is 31.8. The zero-order valence-corrected chi connectivity index (χ0v) is 31.8. The summed E-state index contributed by atoms with van der Waals surface area (Å²) in [5.41, 5.74) is 15.9. The summed E-state index contributed by atoms with van der Waals surface area (Å²) in [5, 5.41) is 2.62. The number of rotatable bonds is 6. The Morgan fingerprint density at radius 3 is 1.94 bits per heavy atom. The molecule has 268 valence electrons. The van der Waals surface area contributed by atoms with Crippen LogP contribution in [-0.2, 0) is 5.41 Å². The quantitative estimate of drug-likeness (QED) is 0.167. The van der Waals surface area contributed by atoms with Crippen molar-refractivity contribution in [3.05, 3.63) is 156 Å². The van der Waals surface area contributed by atoms with Crippen LogP contribution in [0, 0.1) is 11.8 Å². The van der Waals surface area contributed by atoms with E-state index < -0.39 is 0 Å². The van der Waals surface area contributed by atoms with Crippen molar-refractivity contribution >= 4 is 38.9 Å². The lowest BCUT2D eigenvalue weighted by Crippen LogP contribution is -2.17. The molecule has 1 aromatic heterocycles. The molecule has 4 aliphatic rings. The van der Waals surface area contributed by atoms with Crippen LogP contribution in [0.15, 0.2) is 133 Å². The molecule has 3 fully saturated rings. The van der Waals surface area contributed by atoms with Crippen LogP contribution in [0.5, 0.6) is 0 Å². The highest BCUT2D eigenvalue weighted by Gasteiger charge is 2.40. The van der Waals surface area contributed by atoms with Crippen LogP contribution in [0.25, 0.3) is 38.6 Å². The van der Waals surface area contributed by atoms with E-state index in [1.165, 1.54) is 130 Å². The molecule has 3 saturated carbocycles. The van der Waals surface area contributed by atoms with Crippen molar-refractivity contribution in [3.8, 4) is 16.8 Å². The van der Waals surface area contributed by atoms with Crippen LogP contribution in [0.4, 0.5) is 17.1 Å². The van der Waals surface area contributed by atoms with Gasteiger partial charge in [-0.15, -0.1) is 0 Å². The van der Waals surface area contributed by atoms with E-state index in [1.807, 2.05) is 0 Å². The van der Waals surface area contributed by atoms with Crippen molar-refractivity contribution in [2.24, 2.45) is 11.8 Å². The van der Waals surface area contributed by atoms with E-state index in [0.717, 1.165) is 17.8 Å². The second-order valence-electron chi connectivity index (χ2n) is 17.6. The first-order chi connectivity index (χ1) is 26.5. The molecule has 54 heavy (non-hydrogen) atoms. The number of nitrogens with zero attached hydrogens (tertiary/aromatic N) is 2. The Kier molecular flexibility index (Phi) is 7.48. The number of hydrogen-bond acceptors (Lipinski definition) is 1. The van der Waals surface area contributed by atoms with Crippen molar-refractivity contribution in [2.45, 2.75) is 88.9 Å². The molecule has 1 heterocycles. The third kappa shape index (κ3) is 5.05. The van der Waals surface area contributed by atoms with Crippen LogP contribution < -0.4 is 4.90 Å². The van der Waals surface area contributed by atoms with E-state index in [4.69, 9.17) is 0 Å². The Labute approximate surface area is 320 Å². The number of fused-ring (bicyclic) bond motifs is 8. The Hall–Kier alpha value is -5.08. The summed E-state index contributed by atoms with van der Waals surface area (Å²) in [6.07, 6.45) is 12.5. The summed E-state index contributed by atoms with van der Waals surface area (Å²) in [5.74, 6) is 3.29. The molecule has 2 nitrogen and oxygen atoms in total. The molecular weight excluding hydrogens is 653 g/mol. The van der Waals surface area contributed by atoms with Crippen molar-refractivity contribution < 1.29 is 0 Å².